The van der Waals surface area contributed by atoms with Crippen LogP contribution < -0.4 is 21.5 Å². The summed E-state index contributed by atoms with van der Waals surface area (Å²) in [6.07, 6.45) is 15.1. The Morgan fingerprint density at radius 2 is 1.42 bits per heavy atom. The van der Waals surface area contributed by atoms with Crippen LogP contribution in [0.3, 0.4) is 0 Å². The molecule has 184 valence electrons. The van der Waals surface area contributed by atoms with E-state index in [1.54, 1.807) is 0 Å². The maximum Gasteiger partial charge on any atom is 0.0686 e. The Bertz CT molecular complexity index is 737. The molecule has 9 unspecified atom stereocenters. The third-order valence-electron chi connectivity index (χ3n) is 11.5. The van der Waals surface area contributed by atoms with Gasteiger partial charge in [0.05, 0.1) is 11.5 Å². The summed E-state index contributed by atoms with van der Waals surface area (Å²) in [5, 5.41) is 17.5. The molecule has 3 aliphatic heterocycles. The molecule has 0 amide bonds. The highest BCUT2D eigenvalue weighted by Crippen LogP contribution is 2.50. The Morgan fingerprint density at radius 1 is 0.697 bits per heavy atom. The van der Waals surface area contributed by atoms with E-state index >= 15 is 0 Å². The first-order chi connectivity index (χ1) is 16.0. The van der Waals surface area contributed by atoms with Crippen LogP contribution in [0.2, 0.25) is 0 Å². The minimum absolute atomic E-state index is 0.169. The molecule has 33 heavy (non-hydrogen) atoms. The number of hydrogen-bond acceptors (Lipinski definition) is 5. The zero-order valence-electron chi connectivity index (χ0n) is 21.0. The van der Waals surface area contributed by atoms with Crippen molar-refractivity contribution in [2.24, 2.45) is 46.8 Å². The van der Waals surface area contributed by atoms with E-state index in [2.05, 4.69) is 41.4 Å². The summed E-state index contributed by atoms with van der Waals surface area (Å²) in [6, 6.07) is 5.36. The molecule has 3 saturated heterocycles. The molecular weight excluding hydrogens is 406 g/mol. The molecule has 6 rings (SSSR count). The maximum absolute atomic E-state index is 9.61. The van der Waals surface area contributed by atoms with Crippen LogP contribution in [-0.4, -0.2) is 37.3 Å². The van der Waals surface area contributed by atoms with Crippen molar-refractivity contribution in [3.63, 3.8) is 0 Å². The van der Waals surface area contributed by atoms with Crippen molar-refractivity contribution in [3.05, 3.63) is 0 Å². The molecule has 5 nitrogen and oxygen atoms in total. The molecule has 0 bridgehead atoms. The van der Waals surface area contributed by atoms with Crippen molar-refractivity contribution in [1.82, 2.24) is 21.5 Å². The van der Waals surface area contributed by atoms with Gasteiger partial charge in [0.2, 0.25) is 0 Å². The van der Waals surface area contributed by atoms with Crippen molar-refractivity contribution in [2.75, 3.05) is 13.1 Å². The predicted molar refractivity (Wildman–Crippen MR) is 132 cm³/mol. The fraction of sp³-hybridized carbons (Fsp3) is 0.964. The largest absolute Gasteiger partial charge is 0.313 e. The van der Waals surface area contributed by atoms with Gasteiger partial charge < -0.3 is 10.6 Å². The monoisotopic (exact) mass is 453 g/mol. The lowest BCUT2D eigenvalue weighted by molar-refractivity contribution is 0.0436. The Labute approximate surface area is 201 Å². The number of hydrogen-bond donors (Lipinski definition) is 4. The summed E-state index contributed by atoms with van der Waals surface area (Å²) in [4.78, 5) is 0. The molecule has 5 heteroatoms. The van der Waals surface area contributed by atoms with Crippen molar-refractivity contribution in [1.29, 1.82) is 5.26 Å². The molecule has 3 aliphatic carbocycles. The van der Waals surface area contributed by atoms with Crippen LogP contribution in [0.15, 0.2) is 0 Å². The van der Waals surface area contributed by atoms with E-state index in [-0.39, 0.29) is 5.41 Å². The molecule has 0 spiro atoms. The summed E-state index contributed by atoms with van der Waals surface area (Å²) >= 11 is 0. The van der Waals surface area contributed by atoms with E-state index in [0.717, 1.165) is 54.1 Å². The van der Waals surface area contributed by atoms with Gasteiger partial charge in [-0.1, -0.05) is 12.8 Å². The second-order valence-electron chi connectivity index (χ2n) is 13.3. The van der Waals surface area contributed by atoms with Crippen molar-refractivity contribution >= 4 is 0 Å². The molecule has 3 heterocycles. The van der Waals surface area contributed by atoms with Crippen LogP contribution in [0, 0.1) is 58.2 Å². The molecule has 6 aliphatic rings. The van der Waals surface area contributed by atoms with Crippen LogP contribution in [0.5, 0.6) is 0 Å². The van der Waals surface area contributed by atoms with Crippen molar-refractivity contribution < 1.29 is 0 Å². The molecule has 0 aromatic rings. The quantitative estimate of drug-likeness (QED) is 0.520. The summed E-state index contributed by atoms with van der Waals surface area (Å²) in [7, 11) is 0. The van der Waals surface area contributed by atoms with Crippen LogP contribution in [-0.2, 0) is 0 Å². The van der Waals surface area contributed by atoms with Crippen LogP contribution in [0.1, 0.15) is 84.5 Å². The predicted octanol–water partition coefficient (Wildman–Crippen LogP) is 3.97. The smallest absolute Gasteiger partial charge is 0.0686 e. The van der Waals surface area contributed by atoms with Crippen molar-refractivity contribution in [3.8, 4) is 6.07 Å². The lowest BCUT2D eigenvalue weighted by atomic mass is 9.59. The zero-order valence-corrected chi connectivity index (χ0v) is 21.0. The average Bonchev–Trinajstić information content (AvgIpc) is 3.48. The molecule has 0 radical (unpaired) electrons. The molecule has 6 fully saturated rings. The minimum Gasteiger partial charge on any atom is -0.313 e. The van der Waals surface area contributed by atoms with E-state index in [4.69, 9.17) is 0 Å². The van der Waals surface area contributed by atoms with E-state index in [0.29, 0.717) is 18.0 Å². The summed E-state index contributed by atoms with van der Waals surface area (Å²) < 4.78 is 0. The Morgan fingerprint density at radius 3 is 2.24 bits per heavy atom. The fourth-order valence-electron chi connectivity index (χ4n) is 9.59. The molecular formula is C28H47N5. The number of rotatable bonds is 3. The van der Waals surface area contributed by atoms with Crippen LogP contribution >= 0.6 is 0 Å². The highest BCUT2D eigenvalue weighted by atomic mass is 15.4. The van der Waals surface area contributed by atoms with Gasteiger partial charge in [-0.15, -0.1) is 0 Å². The first-order valence-electron chi connectivity index (χ1n) is 14.4. The van der Waals surface area contributed by atoms with Gasteiger partial charge in [0.1, 0.15) is 0 Å². The standard InChI is InChI=1S/C28H47N5/c1-28(2,16-29)19-10-7-17(8-11-19)27-26-21-13-18(9-12-24(21)31-15-25(26)32-33-27)22-14-30-23-6-4-3-5-20(22)23/h17-27,30-33H,3-15H2,1-2H3. The second kappa shape index (κ2) is 9.08. The average molecular weight is 454 g/mol. The lowest BCUT2D eigenvalue weighted by Gasteiger charge is -2.50. The highest BCUT2D eigenvalue weighted by molar-refractivity contribution is 5.09. The third kappa shape index (κ3) is 4.07. The zero-order chi connectivity index (χ0) is 22.6. The van der Waals surface area contributed by atoms with E-state index in [1.165, 1.54) is 77.2 Å². The van der Waals surface area contributed by atoms with E-state index in [9.17, 15) is 5.26 Å². The van der Waals surface area contributed by atoms with Gasteiger partial charge in [-0.25, -0.2) is 0 Å². The number of nitrogens with one attached hydrogen (secondary N) is 4. The van der Waals surface area contributed by atoms with Gasteiger partial charge in [0.15, 0.2) is 0 Å². The molecule has 3 saturated carbocycles. The van der Waals surface area contributed by atoms with Gasteiger partial charge in [0.25, 0.3) is 0 Å². The number of fused-ring (bicyclic) bond motifs is 4. The van der Waals surface area contributed by atoms with Gasteiger partial charge in [-0.2, -0.15) is 5.26 Å². The SMILES string of the molecule is CC(C)(C#N)C1CCC(C2NNC3CNC4CCC(C5CNC6CCCCC65)CC4C32)CC1. The molecule has 0 aromatic heterocycles. The third-order valence-corrected chi connectivity index (χ3v) is 11.5. The highest BCUT2D eigenvalue weighted by Gasteiger charge is 2.53. The number of piperidine rings is 1. The Balaban J connectivity index is 1.14. The summed E-state index contributed by atoms with van der Waals surface area (Å²) in [5.41, 5.74) is 7.41. The summed E-state index contributed by atoms with van der Waals surface area (Å²) in [6.45, 7) is 6.72. The first kappa shape index (κ1) is 22.8. The normalized spacial score (nSPS) is 50.2. The first-order valence-corrected chi connectivity index (χ1v) is 14.4. The van der Waals surface area contributed by atoms with Gasteiger partial charge in [0, 0.05) is 30.7 Å². The maximum atomic E-state index is 9.61. The molecule has 4 N–H and O–H groups in total. The number of nitrogens with zero attached hydrogens (tertiary/aromatic N) is 1. The van der Waals surface area contributed by atoms with E-state index in [1.807, 2.05) is 0 Å². The summed E-state index contributed by atoms with van der Waals surface area (Å²) in [5.74, 6) is 5.77. The Hall–Kier alpha value is -0.670. The fourth-order valence-corrected chi connectivity index (χ4v) is 9.59. The van der Waals surface area contributed by atoms with Gasteiger partial charge in [-0.3, -0.25) is 10.9 Å². The van der Waals surface area contributed by atoms with Gasteiger partial charge in [-0.05, 0) is 120 Å². The Kier molecular flexibility index (Phi) is 6.27. The van der Waals surface area contributed by atoms with Crippen LogP contribution in [0.4, 0.5) is 0 Å². The van der Waals surface area contributed by atoms with E-state index < -0.39 is 0 Å². The molecule has 9 atom stereocenters. The number of nitriles is 1. The minimum atomic E-state index is -0.169. The van der Waals surface area contributed by atoms with Crippen LogP contribution in [0.25, 0.3) is 0 Å². The molecule has 0 aromatic carbocycles. The topological polar surface area (TPSA) is 71.9 Å². The second-order valence-corrected chi connectivity index (χ2v) is 13.3. The van der Waals surface area contributed by atoms with Crippen molar-refractivity contribution in [2.45, 2.75) is 109 Å². The lowest BCUT2D eigenvalue weighted by Crippen LogP contribution is -2.58. The van der Waals surface area contributed by atoms with Gasteiger partial charge >= 0.3 is 0 Å². The number of hydrazine groups is 1.